The van der Waals surface area contributed by atoms with Crippen LogP contribution in [0.4, 0.5) is 5.69 Å². The van der Waals surface area contributed by atoms with Gasteiger partial charge in [-0.05, 0) is 24.8 Å². The molecule has 1 amide bonds. The van der Waals surface area contributed by atoms with E-state index in [9.17, 15) is 4.79 Å². The zero-order valence-corrected chi connectivity index (χ0v) is 12.3. The zero-order valence-electron chi connectivity index (χ0n) is 11.5. The molecule has 6 heteroatoms. The smallest absolute Gasteiger partial charge is 0.266 e. The topological polar surface area (TPSA) is 72.1 Å². The number of fused-ring (bicyclic) bond motifs is 1. The van der Waals surface area contributed by atoms with Crippen molar-refractivity contribution in [2.75, 3.05) is 18.8 Å². The van der Waals surface area contributed by atoms with E-state index in [-0.39, 0.29) is 5.91 Å². The molecule has 1 aliphatic heterocycles. The molecule has 2 aromatic heterocycles. The molecule has 0 radical (unpaired) electrons. The van der Waals surface area contributed by atoms with Gasteiger partial charge in [-0.1, -0.05) is 13.3 Å². The van der Waals surface area contributed by atoms with Gasteiger partial charge in [0.2, 0.25) is 0 Å². The molecular formula is C14H18N4OS. The number of carbonyl (C=O) groups excluding carboxylic acids is 1. The minimum absolute atomic E-state index is 0.0455. The molecular weight excluding hydrogens is 272 g/mol. The van der Waals surface area contributed by atoms with Gasteiger partial charge < -0.3 is 10.6 Å². The zero-order chi connectivity index (χ0) is 14.1. The van der Waals surface area contributed by atoms with E-state index in [1.807, 2.05) is 11.0 Å². The van der Waals surface area contributed by atoms with E-state index in [0.29, 0.717) is 16.5 Å². The molecule has 1 fully saturated rings. The maximum Gasteiger partial charge on any atom is 0.266 e. The molecule has 0 spiro atoms. The Bertz CT molecular complexity index is 639. The van der Waals surface area contributed by atoms with Crippen LogP contribution in [-0.2, 0) is 0 Å². The number of nitrogens with two attached hydrogens (primary N) is 1. The molecule has 0 aromatic carbocycles. The van der Waals surface area contributed by atoms with Gasteiger partial charge in [0.1, 0.15) is 9.71 Å². The van der Waals surface area contributed by atoms with Gasteiger partial charge in [-0.3, -0.25) is 4.79 Å². The van der Waals surface area contributed by atoms with Crippen LogP contribution in [0.2, 0.25) is 0 Å². The number of rotatable bonds is 3. The molecule has 0 aliphatic carbocycles. The molecule has 1 saturated heterocycles. The summed E-state index contributed by atoms with van der Waals surface area (Å²) in [5.74, 6) is 0.684. The van der Waals surface area contributed by atoms with Crippen LogP contribution < -0.4 is 5.73 Å². The van der Waals surface area contributed by atoms with E-state index in [2.05, 4.69) is 17.1 Å². The van der Waals surface area contributed by atoms with Crippen molar-refractivity contribution in [1.82, 2.24) is 15.1 Å². The lowest BCUT2D eigenvalue weighted by Gasteiger charge is -2.15. The predicted molar refractivity (Wildman–Crippen MR) is 80.7 cm³/mol. The Hall–Kier alpha value is -1.69. The largest absolute Gasteiger partial charge is 0.397 e. The van der Waals surface area contributed by atoms with Crippen molar-refractivity contribution in [2.45, 2.75) is 26.2 Å². The summed E-state index contributed by atoms with van der Waals surface area (Å²) in [5, 5.41) is 8.71. The van der Waals surface area contributed by atoms with Crippen molar-refractivity contribution < 1.29 is 4.79 Å². The van der Waals surface area contributed by atoms with Crippen LogP contribution in [0.15, 0.2) is 12.3 Å². The van der Waals surface area contributed by atoms with E-state index < -0.39 is 0 Å². The van der Waals surface area contributed by atoms with Crippen molar-refractivity contribution in [3.8, 4) is 0 Å². The summed E-state index contributed by atoms with van der Waals surface area (Å²) in [6, 6.07) is 1.81. The summed E-state index contributed by atoms with van der Waals surface area (Å²) in [4.78, 5) is 15.9. The highest BCUT2D eigenvalue weighted by Crippen LogP contribution is 2.33. The average Bonchev–Trinajstić information content (AvgIpc) is 3.05. The third kappa shape index (κ3) is 2.24. The fourth-order valence-electron chi connectivity index (χ4n) is 2.84. The fraction of sp³-hybridized carbons (Fsp3) is 0.500. The molecule has 2 N–H and O–H groups in total. The van der Waals surface area contributed by atoms with Crippen LogP contribution in [-0.4, -0.2) is 34.1 Å². The second kappa shape index (κ2) is 5.36. The van der Waals surface area contributed by atoms with Crippen LogP contribution in [0.25, 0.3) is 10.2 Å². The van der Waals surface area contributed by atoms with Gasteiger partial charge in [0.25, 0.3) is 5.91 Å². The van der Waals surface area contributed by atoms with Crippen LogP contribution in [0.3, 0.4) is 0 Å². The molecule has 0 saturated carbocycles. The summed E-state index contributed by atoms with van der Waals surface area (Å²) in [5.41, 5.74) is 6.64. The van der Waals surface area contributed by atoms with E-state index in [1.54, 1.807) is 6.20 Å². The molecule has 1 atom stereocenters. The normalized spacial score (nSPS) is 18.9. The minimum Gasteiger partial charge on any atom is -0.397 e. The highest BCUT2D eigenvalue weighted by atomic mass is 32.1. The maximum atomic E-state index is 12.6. The van der Waals surface area contributed by atoms with Crippen molar-refractivity contribution in [3.63, 3.8) is 0 Å². The summed E-state index contributed by atoms with van der Waals surface area (Å²) in [6.45, 7) is 3.88. The van der Waals surface area contributed by atoms with Crippen LogP contribution in [0.1, 0.15) is 35.9 Å². The molecule has 3 heterocycles. The summed E-state index contributed by atoms with van der Waals surface area (Å²) < 4.78 is 0. The van der Waals surface area contributed by atoms with Crippen molar-refractivity contribution in [3.05, 3.63) is 17.1 Å². The van der Waals surface area contributed by atoms with Gasteiger partial charge in [0, 0.05) is 18.5 Å². The maximum absolute atomic E-state index is 12.6. The van der Waals surface area contributed by atoms with Crippen molar-refractivity contribution in [2.24, 2.45) is 5.92 Å². The Labute approximate surface area is 121 Å². The summed E-state index contributed by atoms with van der Waals surface area (Å²) in [6.07, 6.45) is 5.07. The quantitative estimate of drug-likeness (QED) is 0.943. The first-order valence-corrected chi connectivity index (χ1v) is 7.81. The van der Waals surface area contributed by atoms with E-state index in [1.165, 1.54) is 24.2 Å². The average molecular weight is 290 g/mol. The second-order valence-electron chi connectivity index (χ2n) is 5.29. The number of carbonyl (C=O) groups is 1. The SMILES string of the molecule is CCCC1CCN(C(=O)c2sc3nnccc3c2N)C1. The van der Waals surface area contributed by atoms with E-state index >= 15 is 0 Å². The number of nitrogens with zero attached hydrogens (tertiary/aromatic N) is 3. The second-order valence-corrected chi connectivity index (χ2v) is 6.29. The molecule has 0 bridgehead atoms. The van der Waals surface area contributed by atoms with Gasteiger partial charge in [0.15, 0.2) is 0 Å². The number of thiophene rings is 1. The number of hydrogen-bond donors (Lipinski definition) is 1. The van der Waals surface area contributed by atoms with Crippen LogP contribution in [0, 0.1) is 5.92 Å². The van der Waals surface area contributed by atoms with Gasteiger partial charge in [-0.15, -0.1) is 16.4 Å². The van der Waals surface area contributed by atoms with E-state index in [0.717, 1.165) is 29.7 Å². The lowest BCUT2D eigenvalue weighted by molar-refractivity contribution is 0.0792. The standard InChI is InChI=1S/C14H18N4OS/c1-2-3-9-5-7-18(8-9)14(19)12-11(15)10-4-6-16-17-13(10)20-12/h4,6,9H,2-3,5,7-8,15H2,1H3. The first kappa shape index (κ1) is 13.3. The first-order chi connectivity index (χ1) is 9.70. The van der Waals surface area contributed by atoms with Crippen LogP contribution in [0.5, 0.6) is 0 Å². The molecule has 1 unspecified atom stereocenters. The summed E-state index contributed by atoms with van der Waals surface area (Å²) >= 11 is 1.34. The Morgan fingerprint density at radius 2 is 2.45 bits per heavy atom. The summed E-state index contributed by atoms with van der Waals surface area (Å²) in [7, 11) is 0. The molecule has 5 nitrogen and oxygen atoms in total. The third-order valence-corrected chi connectivity index (χ3v) is 4.98. The van der Waals surface area contributed by atoms with Crippen molar-refractivity contribution in [1.29, 1.82) is 0 Å². The lowest BCUT2D eigenvalue weighted by atomic mass is 10.0. The fourth-order valence-corrected chi connectivity index (χ4v) is 3.84. The van der Waals surface area contributed by atoms with Gasteiger partial charge in [0.05, 0.1) is 11.9 Å². The first-order valence-electron chi connectivity index (χ1n) is 6.99. The molecule has 3 rings (SSSR count). The Morgan fingerprint density at radius 3 is 3.20 bits per heavy atom. The highest BCUT2D eigenvalue weighted by Gasteiger charge is 2.29. The van der Waals surface area contributed by atoms with Gasteiger partial charge in [-0.2, -0.15) is 5.10 Å². The predicted octanol–water partition coefficient (Wildman–Crippen LogP) is 2.54. The monoisotopic (exact) mass is 290 g/mol. The Balaban J connectivity index is 1.84. The number of aromatic nitrogens is 2. The van der Waals surface area contributed by atoms with Gasteiger partial charge in [-0.25, -0.2) is 0 Å². The number of amides is 1. The number of hydrogen-bond acceptors (Lipinski definition) is 5. The molecule has 1 aliphatic rings. The Kier molecular flexibility index (Phi) is 3.56. The van der Waals surface area contributed by atoms with Gasteiger partial charge >= 0.3 is 0 Å². The molecule has 106 valence electrons. The number of anilines is 1. The minimum atomic E-state index is 0.0455. The van der Waals surface area contributed by atoms with Crippen LogP contribution >= 0.6 is 11.3 Å². The van der Waals surface area contributed by atoms with E-state index in [4.69, 9.17) is 5.73 Å². The molecule has 20 heavy (non-hydrogen) atoms. The number of nitrogen functional groups attached to an aromatic ring is 1. The molecule has 2 aromatic rings. The van der Waals surface area contributed by atoms with Crippen molar-refractivity contribution >= 4 is 33.1 Å². The third-order valence-electron chi connectivity index (χ3n) is 3.88. The number of likely N-dealkylation sites (tertiary alicyclic amines) is 1. The Morgan fingerprint density at radius 1 is 1.60 bits per heavy atom. The highest BCUT2D eigenvalue weighted by molar-refractivity contribution is 7.21. The lowest BCUT2D eigenvalue weighted by Crippen LogP contribution is -2.28.